The normalized spacial score (nSPS) is 19.7. The van der Waals surface area contributed by atoms with Crippen molar-refractivity contribution in [3.05, 3.63) is 36.9 Å². The van der Waals surface area contributed by atoms with E-state index in [0.29, 0.717) is 12.6 Å². The van der Waals surface area contributed by atoms with Crippen molar-refractivity contribution in [2.24, 2.45) is 0 Å². The van der Waals surface area contributed by atoms with Crippen molar-refractivity contribution in [1.29, 1.82) is 0 Å². The van der Waals surface area contributed by atoms with Crippen molar-refractivity contribution in [3.8, 4) is 11.5 Å². The van der Waals surface area contributed by atoms with Crippen molar-refractivity contribution in [2.45, 2.75) is 25.0 Å². The number of benzene rings is 1. The molecule has 1 aromatic rings. The molecule has 17 heavy (non-hydrogen) atoms. The van der Waals surface area contributed by atoms with Crippen LogP contribution in [0.15, 0.2) is 36.9 Å². The molecule has 3 nitrogen and oxygen atoms in total. The fourth-order valence-electron chi connectivity index (χ4n) is 2.05. The Kier molecular flexibility index (Phi) is 4.04. The lowest BCUT2D eigenvalue weighted by Gasteiger charge is -2.32. The SMILES string of the molecule is C=CCCC(NC)C1COc2ccccc2O1. The lowest BCUT2D eigenvalue weighted by Crippen LogP contribution is -2.46. The van der Waals surface area contributed by atoms with Gasteiger partial charge in [-0.2, -0.15) is 0 Å². The molecule has 0 bridgehead atoms. The molecule has 1 aromatic carbocycles. The maximum atomic E-state index is 5.96. The zero-order valence-corrected chi connectivity index (χ0v) is 10.2. The molecule has 2 atom stereocenters. The molecule has 2 rings (SSSR count). The van der Waals surface area contributed by atoms with Crippen LogP contribution in [0.3, 0.4) is 0 Å². The molecule has 3 heteroatoms. The highest BCUT2D eigenvalue weighted by Crippen LogP contribution is 2.31. The highest BCUT2D eigenvalue weighted by molar-refractivity contribution is 5.40. The lowest BCUT2D eigenvalue weighted by atomic mass is 10.1. The number of hydrogen-bond acceptors (Lipinski definition) is 3. The van der Waals surface area contributed by atoms with Gasteiger partial charge in [-0.15, -0.1) is 6.58 Å². The second kappa shape index (κ2) is 5.73. The van der Waals surface area contributed by atoms with Crippen LogP contribution < -0.4 is 14.8 Å². The molecule has 1 heterocycles. The summed E-state index contributed by atoms with van der Waals surface area (Å²) in [7, 11) is 1.96. The Balaban J connectivity index is 2.02. The number of allylic oxidation sites excluding steroid dienone is 1. The van der Waals surface area contributed by atoms with E-state index in [2.05, 4.69) is 11.9 Å². The van der Waals surface area contributed by atoms with Crippen LogP contribution in [0.4, 0.5) is 0 Å². The quantitative estimate of drug-likeness (QED) is 0.792. The molecule has 1 N–H and O–H groups in total. The Bertz CT molecular complexity index is 378. The largest absolute Gasteiger partial charge is 0.486 e. The van der Waals surface area contributed by atoms with Crippen LogP contribution in [0.2, 0.25) is 0 Å². The molecule has 0 spiro atoms. The summed E-state index contributed by atoms with van der Waals surface area (Å²) < 4.78 is 11.7. The first kappa shape index (κ1) is 12.0. The zero-order valence-electron chi connectivity index (χ0n) is 10.2. The van der Waals surface area contributed by atoms with Crippen LogP contribution in [0.25, 0.3) is 0 Å². The van der Waals surface area contributed by atoms with E-state index in [1.54, 1.807) is 0 Å². The van der Waals surface area contributed by atoms with Crippen molar-refractivity contribution >= 4 is 0 Å². The monoisotopic (exact) mass is 233 g/mol. The van der Waals surface area contributed by atoms with Gasteiger partial charge < -0.3 is 14.8 Å². The fraction of sp³-hybridized carbons (Fsp3) is 0.429. The summed E-state index contributed by atoms with van der Waals surface area (Å²) in [6.07, 6.45) is 3.99. The minimum absolute atomic E-state index is 0.0647. The minimum Gasteiger partial charge on any atom is -0.486 e. The van der Waals surface area contributed by atoms with Crippen molar-refractivity contribution in [1.82, 2.24) is 5.32 Å². The standard InChI is InChI=1S/C14H19NO2/c1-3-4-7-11(15-2)14-10-16-12-8-5-6-9-13(12)17-14/h3,5-6,8-9,11,14-15H,1,4,7,10H2,2H3. The fourth-order valence-corrected chi connectivity index (χ4v) is 2.05. The van der Waals surface area contributed by atoms with Crippen LogP contribution in [-0.4, -0.2) is 25.8 Å². The third kappa shape index (κ3) is 2.80. The van der Waals surface area contributed by atoms with Crippen molar-refractivity contribution < 1.29 is 9.47 Å². The predicted molar refractivity (Wildman–Crippen MR) is 68.6 cm³/mol. The molecule has 1 aliphatic rings. The minimum atomic E-state index is 0.0647. The smallest absolute Gasteiger partial charge is 0.161 e. The van der Waals surface area contributed by atoms with Gasteiger partial charge in [0.25, 0.3) is 0 Å². The average molecular weight is 233 g/mol. The topological polar surface area (TPSA) is 30.5 Å². The first-order chi connectivity index (χ1) is 8.35. The van der Waals surface area contributed by atoms with E-state index in [0.717, 1.165) is 24.3 Å². The van der Waals surface area contributed by atoms with Gasteiger partial charge in [-0.1, -0.05) is 18.2 Å². The van der Waals surface area contributed by atoms with Crippen LogP contribution in [0.5, 0.6) is 11.5 Å². The maximum absolute atomic E-state index is 5.96. The summed E-state index contributed by atoms with van der Waals surface area (Å²) in [5.74, 6) is 1.67. The van der Waals surface area contributed by atoms with E-state index in [-0.39, 0.29) is 6.10 Å². The van der Waals surface area contributed by atoms with Gasteiger partial charge in [0.05, 0.1) is 0 Å². The highest BCUT2D eigenvalue weighted by Gasteiger charge is 2.27. The van der Waals surface area contributed by atoms with Crippen molar-refractivity contribution in [2.75, 3.05) is 13.7 Å². The predicted octanol–water partition coefficient (Wildman–Crippen LogP) is 2.38. The van der Waals surface area contributed by atoms with Crippen LogP contribution in [0.1, 0.15) is 12.8 Å². The maximum Gasteiger partial charge on any atom is 0.161 e. The summed E-state index contributed by atoms with van der Waals surface area (Å²) >= 11 is 0. The Morgan fingerprint density at radius 2 is 2.24 bits per heavy atom. The number of rotatable bonds is 5. The molecule has 2 unspecified atom stereocenters. The second-order valence-electron chi connectivity index (χ2n) is 4.18. The summed E-state index contributed by atoms with van der Waals surface area (Å²) in [5, 5.41) is 3.28. The van der Waals surface area contributed by atoms with E-state index < -0.39 is 0 Å². The summed E-state index contributed by atoms with van der Waals surface area (Å²) in [5.41, 5.74) is 0. The van der Waals surface area contributed by atoms with Gasteiger partial charge >= 0.3 is 0 Å². The first-order valence-electron chi connectivity index (χ1n) is 6.01. The summed E-state index contributed by atoms with van der Waals surface area (Å²) in [6.45, 7) is 4.35. The highest BCUT2D eigenvalue weighted by atomic mass is 16.6. The van der Waals surface area contributed by atoms with E-state index in [9.17, 15) is 0 Å². The molecular weight excluding hydrogens is 214 g/mol. The number of hydrogen-bond donors (Lipinski definition) is 1. The van der Waals surface area contributed by atoms with Gasteiger partial charge in [0.1, 0.15) is 12.7 Å². The molecule has 0 fully saturated rings. The van der Waals surface area contributed by atoms with Crippen LogP contribution in [0, 0.1) is 0 Å². The number of ether oxygens (including phenoxy) is 2. The van der Waals surface area contributed by atoms with Gasteiger partial charge in [0.2, 0.25) is 0 Å². The van der Waals surface area contributed by atoms with E-state index in [1.165, 1.54) is 0 Å². The summed E-state index contributed by atoms with van der Waals surface area (Å²) in [4.78, 5) is 0. The number of nitrogens with one attached hydrogen (secondary N) is 1. The van der Waals surface area contributed by atoms with Gasteiger partial charge in [0.15, 0.2) is 11.5 Å². The van der Waals surface area contributed by atoms with Crippen LogP contribution >= 0.6 is 0 Å². The molecule has 1 aliphatic heterocycles. The molecule has 92 valence electrons. The third-order valence-electron chi connectivity index (χ3n) is 3.03. The van der Waals surface area contributed by atoms with E-state index in [1.807, 2.05) is 37.4 Å². The Morgan fingerprint density at radius 1 is 1.47 bits per heavy atom. The van der Waals surface area contributed by atoms with Gasteiger partial charge in [-0.25, -0.2) is 0 Å². The Labute approximate surface area is 102 Å². The van der Waals surface area contributed by atoms with E-state index >= 15 is 0 Å². The number of para-hydroxylation sites is 2. The molecule has 0 saturated heterocycles. The summed E-state index contributed by atoms with van der Waals surface area (Å²) in [6, 6.07) is 8.09. The molecule has 0 aliphatic carbocycles. The van der Waals surface area contributed by atoms with Crippen molar-refractivity contribution in [3.63, 3.8) is 0 Å². The molecule has 0 amide bonds. The zero-order chi connectivity index (χ0) is 12.1. The second-order valence-corrected chi connectivity index (χ2v) is 4.18. The average Bonchev–Trinajstić information content (AvgIpc) is 2.39. The van der Waals surface area contributed by atoms with E-state index in [4.69, 9.17) is 9.47 Å². The first-order valence-corrected chi connectivity index (χ1v) is 6.01. The lowest BCUT2D eigenvalue weighted by molar-refractivity contribution is 0.0619. The Morgan fingerprint density at radius 3 is 2.94 bits per heavy atom. The molecule has 0 aromatic heterocycles. The Hall–Kier alpha value is -1.48. The molecule has 0 saturated carbocycles. The molecular formula is C14H19NO2. The van der Waals surface area contributed by atoms with Gasteiger partial charge in [-0.3, -0.25) is 0 Å². The third-order valence-corrected chi connectivity index (χ3v) is 3.03. The van der Waals surface area contributed by atoms with Gasteiger partial charge in [0, 0.05) is 6.04 Å². The number of likely N-dealkylation sites (N-methyl/N-ethyl adjacent to an activating group) is 1. The number of fused-ring (bicyclic) bond motifs is 1. The van der Waals surface area contributed by atoms with Crippen LogP contribution in [-0.2, 0) is 0 Å². The van der Waals surface area contributed by atoms with Gasteiger partial charge in [-0.05, 0) is 32.0 Å². The molecule has 0 radical (unpaired) electrons.